The standard InChI is InChI=1S/C26H34N2O4/c1-18(2)21-7-11-24(12-8-21)32-20(4)26(30)27-22-13-15-28(16-14-22)25(29)17-31-23-9-5-19(3)6-10-23/h5-12,18,20,22H,13-17H2,1-4H3,(H,27,30). The molecule has 1 saturated heterocycles. The number of hydrogen-bond acceptors (Lipinski definition) is 4. The van der Waals surface area contributed by atoms with Gasteiger partial charge in [0.25, 0.3) is 11.8 Å². The van der Waals surface area contributed by atoms with Crippen LogP contribution in [-0.4, -0.2) is 48.6 Å². The number of carbonyl (C=O) groups excluding carboxylic acids is 2. The van der Waals surface area contributed by atoms with Crippen molar-refractivity contribution in [3.63, 3.8) is 0 Å². The molecule has 1 atom stereocenters. The van der Waals surface area contributed by atoms with Crippen LogP contribution in [0.5, 0.6) is 11.5 Å². The highest BCUT2D eigenvalue weighted by Gasteiger charge is 2.26. The molecule has 6 heteroatoms. The molecule has 0 aliphatic carbocycles. The largest absolute Gasteiger partial charge is 0.484 e. The second-order valence-electron chi connectivity index (χ2n) is 8.75. The molecular formula is C26H34N2O4. The molecule has 1 unspecified atom stereocenters. The Morgan fingerprint density at radius 1 is 0.969 bits per heavy atom. The summed E-state index contributed by atoms with van der Waals surface area (Å²) in [5, 5.41) is 3.06. The molecule has 1 N–H and O–H groups in total. The van der Waals surface area contributed by atoms with Crippen LogP contribution in [0.15, 0.2) is 48.5 Å². The number of benzene rings is 2. The van der Waals surface area contributed by atoms with E-state index in [-0.39, 0.29) is 24.5 Å². The molecular weight excluding hydrogens is 404 g/mol. The zero-order valence-corrected chi connectivity index (χ0v) is 19.5. The molecule has 3 rings (SSSR count). The minimum Gasteiger partial charge on any atom is -0.484 e. The molecule has 1 aliphatic heterocycles. The van der Waals surface area contributed by atoms with E-state index < -0.39 is 6.10 Å². The molecule has 0 radical (unpaired) electrons. The van der Waals surface area contributed by atoms with Crippen molar-refractivity contribution in [2.24, 2.45) is 0 Å². The zero-order chi connectivity index (χ0) is 23.1. The maximum absolute atomic E-state index is 12.6. The van der Waals surface area contributed by atoms with Crippen LogP contribution in [0.25, 0.3) is 0 Å². The quantitative estimate of drug-likeness (QED) is 0.675. The smallest absolute Gasteiger partial charge is 0.260 e. The van der Waals surface area contributed by atoms with E-state index in [1.165, 1.54) is 5.56 Å². The second kappa shape index (κ2) is 11.0. The highest BCUT2D eigenvalue weighted by Crippen LogP contribution is 2.20. The van der Waals surface area contributed by atoms with Gasteiger partial charge >= 0.3 is 0 Å². The number of hydrogen-bond donors (Lipinski definition) is 1. The first kappa shape index (κ1) is 23.6. The van der Waals surface area contributed by atoms with E-state index in [1.807, 2.05) is 55.5 Å². The predicted molar refractivity (Wildman–Crippen MR) is 125 cm³/mol. The van der Waals surface area contributed by atoms with Gasteiger partial charge in [0, 0.05) is 19.1 Å². The number of nitrogens with one attached hydrogen (secondary N) is 1. The lowest BCUT2D eigenvalue weighted by molar-refractivity contribution is -0.134. The summed E-state index contributed by atoms with van der Waals surface area (Å²) in [6, 6.07) is 15.6. The summed E-state index contributed by atoms with van der Waals surface area (Å²) in [6.45, 7) is 9.28. The number of rotatable bonds is 8. The summed E-state index contributed by atoms with van der Waals surface area (Å²) in [5.41, 5.74) is 2.39. The second-order valence-corrected chi connectivity index (χ2v) is 8.75. The minimum absolute atomic E-state index is 0.0283. The normalized spacial score (nSPS) is 15.3. The van der Waals surface area contributed by atoms with Crippen LogP contribution in [0.4, 0.5) is 0 Å². The topological polar surface area (TPSA) is 67.9 Å². The van der Waals surface area contributed by atoms with Crippen molar-refractivity contribution >= 4 is 11.8 Å². The number of amides is 2. The number of piperidine rings is 1. The van der Waals surface area contributed by atoms with Gasteiger partial charge in [-0.3, -0.25) is 9.59 Å². The summed E-state index contributed by atoms with van der Waals surface area (Å²) in [4.78, 5) is 26.8. The molecule has 1 heterocycles. The van der Waals surface area contributed by atoms with Gasteiger partial charge in [-0.05, 0) is 62.4 Å². The molecule has 6 nitrogen and oxygen atoms in total. The van der Waals surface area contributed by atoms with Crippen molar-refractivity contribution in [3.05, 3.63) is 59.7 Å². The Bertz CT molecular complexity index is 885. The van der Waals surface area contributed by atoms with Gasteiger partial charge in [-0.25, -0.2) is 0 Å². The van der Waals surface area contributed by atoms with Gasteiger partial charge in [-0.15, -0.1) is 0 Å². The number of carbonyl (C=O) groups is 2. The van der Waals surface area contributed by atoms with Crippen LogP contribution in [-0.2, 0) is 9.59 Å². The van der Waals surface area contributed by atoms with Crippen LogP contribution >= 0.6 is 0 Å². The van der Waals surface area contributed by atoms with Crippen LogP contribution < -0.4 is 14.8 Å². The van der Waals surface area contributed by atoms with Crippen molar-refractivity contribution in [2.75, 3.05) is 19.7 Å². The first-order chi connectivity index (χ1) is 15.3. The molecule has 1 fully saturated rings. The third-order valence-corrected chi connectivity index (χ3v) is 5.81. The SMILES string of the molecule is Cc1ccc(OCC(=O)N2CCC(NC(=O)C(C)Oc3ccc(C(C)C)cc3)CC2)cc1. The number of aryl methyl sites for hydroxylation is 1. The van der Waals surface area contributed by atoms with Crippen LogP contribution in [0.1, 0.15) is 50.7 Å². The first-order valence-corrected chi connectivity index (χ1v) is 11.4. The van der Waals surface area contributed by atoms with Crippen molar-refractivity contribution in [1.82, 2.24) is 10.2 Å². The van der Waals surface area contributed by atoms with Crippen molar-refractivity contribution < 1.29 is 19.1 Å². The van der Waals surface area contributed by atoms with Gasteiger partial charge in [-0.2, -0.15) is 0 Å². The lowest BCUT2D eigenvalue weighted by Gasteiger charge is -2.32. The van der Waals surface area contributed by atoms with E-state index >= 15 is 0 Å². The van der Waals surface area contributed by atoms with Crippen LogP contribution in [0.3, 0.4) is 0 Å². The minimum atomic E-state index is -0.581. The van der Waals surface area contributed by atoms with E-state index in [4.69, 9.17) is 9.47 Å². The first-order valence-electron chi connectivity index (χ1n) is 11.4. The van der Waals surface area contributed by atoms with Crippen LogP contribution in [0.2, 0.25) is 0 Å². The third kappa shape index (κ3) is 6.74. The summed E-state index contributed by atoms with van der Waals surface area (Å²) in [7, 11) is 0. The summed E-state index contributed by atoms with van der Waals surface area (Å²) in [6.07, 6.45) is 0.859. The third-order valence-electron chi connectivity index (χ3n) is 5.81. The molecule has 0 bridgehead atoms. The monoisotopic (exact) mass is 438 g/mol. The molecule has 0 spiro atoms. The summed E-state index contributed by atoms with van der Waals surface area (Å²) in [5.74, 6) is 1.67. The zero-order valence-electron chi connectivity index (χ0n) is 19.5. The maximum Gasteiger partial charge on any atom is 0.260 e. The predicted octanol–water partition coefficient (Wildman–Crippen LogP) is 4.07. The Balaban J connectivity index is 1.39. The molecule has 172 valence electrons. The van der Waals surface area contributed by atoms with E-state index in [1.54, 1.807) is 11.8 Å². The Kier molecular flexibility index (Phi) is 8.14. The Morgan fingerprint density at radius 3 is 2.16 bits per heavy atom. The molecule has 0 saturated carbocycles. The highest BCUT2D eigenvalue weighted by molar-refractivity contribution is 5.81. The lowest BCUT2D eigenvalue weighted by atomic mass is 10.0. The number of ether oxygens (including phenoxy) is 2. The lowest BCUT2D eigenvalue weighted by Crippen LogP contribution is -2.50. The fraction of sp³-hybridized carbons (Fsp3) is 0.462. The average molecular weight is 439 g/mol. The van der Waals surface area contributed by atoms with Gasteiger partial charge in [-0.1, -0.05) is 43.7 Å². The van der Waals surface area contributed by atoms with E-state index in [9.17, 15) is 9.59 Å². The average Bonchev–Trinajstić information content (AvgIpc) is 2.79. The fourth-order valence-electron chi connectivity index (χ4n) is 3.65. The van der Waals surface area contributed by atoms with E-state index in [0.29, 0.717) is 30.5 Å². The van der Waals surface area contributed by atoms with E-state index in [2.05, 4.69) is 19.2 Å². The molecule has 1 aliphatic rings. The van der Waals surface area contributed by atoms with Crippen molar-refractivity contribution in [2.45, 2.75) is 58.6 Å². The van der Waals surface area contributed by atoms with Crippen molar-refractivity contribution in [1.29, 1.82) is 0 Å². The Morgan fingerprint density at radius 2 is 1.56 bits per heavy atom. The molecule has 32 heavy (non-hydrogen) atoms. The molecule has 2 aromatic rings. The number of likely N-dealkylation sites (tertiary alicyclic amines) is 1. The summed E-state index contributed by atoms with van der Waals surface area (Å²) < 4.78 is 11.4. The Hall–Kier alpha value is -3.02. The van der Waals surface area contributed by atoms with Crippen LogP contribution in [0, 0.1) is 6.92 Å². The van der Waals surface area contributed by atoms with Gasteiger partial charge in [0.15, 0.2) is 12.7 Å². The fourth-order valence-corrected chi connectivity index (χ4v) is 3.65. The molecule has 0 aromatic heterocycles. The van der Waals surface area contributed by atoms with Gasteiger partial charge < -0.3 is 19.7 Å². The molecule has 2 amide bonds. The highest BCUT2D eigenvalue weighted by atomic mass is 16.5. The maximum atomic E-state index is 12.6. The van der Waals surface area contributed by atoms with Gasteiger partial charge in [0.2, 0.25) is 0 Å². The van der Waals surface area contributed by atoms with Gasteiger partial charge in [0.05, 0.1) is 0 Å². The Labute approximate surface area is 190 Å². The van der Waals surface area contributed by atoms with Crippen molar-refractivity contribution in [3.8, 4) is 11.5 Å². The van der Waals surface area contributed by atoms with E-state index in [0.717, 1.165) is 18.4 Å². The molecule has 2 aromatic carbocycles. The van der Waals surface area contributed by atoms with Gasteiger partial charge in [0.1, 0.15) is 11.5 Å². The summed E-state index contributed by atoms with van der Waals surface area (Å²) >= 11 is 0. The number of nitrogens with zero attached hydrogens (tertiary/aromatic N) is 1.